The molecule has 0 radical (unpaired) electrons. The number of carbonyl (C=O) groups is 1. The SMILES string of the molecule is CCCCCOc1ccc(C(=O)Nc2nc3c(C)cc(Cl)cc3s2)cc1. The van der Waals surface area contributed by atoms with Crippen molar-refractivity contribution in [3.05, 3.63) is 52.5 Å². The van der Waals surface area contributed by atoms with Gasteiger partial charge in [-0.05, 0) is 55.3 Å². The highest BCUT2D eigenvalue weighted by atomic mass is 35.5. The molecule has 0 bridgehead atoms. The summed E-state index contributed by atoms with van der Waals surface area (Å²) >= 11 is 7.50. The number of amides is 1. The lowest BCUT2D eigenvalue weighted by Gasteiger charge is -2.06. The lowest BCUT2D eigenvalue weighted by Crippen LogP contribution is -2.11. The minimum Gasteiger partial charge on any atom is -0.494 e. The van der Waals surface area contributed by atoms with Crippen molar-refractivity contribution in [1.29, 1.82) is 0 Å². The van der Waals surface area contributed by atoms with Crippen molar-refractivity contribution in [3.63, 3.8) is 0 Å². The zero-order chi connectivity index (χ0) is 18.5. The highest BCUT2D eigenvalue weighted by molar-refractivity contribution is 7.22. The summed E-state index contributed by atoms with van der Waals surface area (Å²) in [7, 11) is 0. The number of aromatic nitrogens is 1. The van der Waals surface area contributed by atoms with Crippen LogP contribution in [0.2, 0.25) is 5.02 Å². The van der Waals surface area contributed by atoms with Crippen molar-refractivity contribution in [3.8, 4) is 5.75 Å². The van der Waals surface area contributed by atoms with Crippen LogP contribution in [0.3, 0.4) is 0 Å². The Hall–Kier alpha value is -2.11. The van der Waals surface area contributed by atoms with E-state index in [-0.39, 0.29) is 5.91 Å². The molecule has 4 nitrogen and oxygen atoms in total. The second kappa shape index (κ2) is 8.52. The highest BCUT2D eigenvalue weighted by Crippen LogP contribution is 2.31. The van der Waals surface area contributed by atoms with E-state index in [0.29, 0.717) is 22.3 Å². The Labute approximate surface area is 162 Å². The van der Waals surface area contributed by atoms with Crippen LogP contribution in [0.4, 0.5) is 5.13 Å². The van der Waals surface area contributed by atoms with E-state index in [2.05, 4.69) is 17.2 Å². The monoisotopic (exact) mass is 388 g/mol. The van der Waals surface area contributed by atoms with Crippen LogP contribution in [0.5, 0.6) is 5.75 Å². The smallest absolute Gasteiger partial charge is 0.257 e. The van der Waals surface area contributed by atoms with Gasteiger partial charge in [-0.2, -0.15) is 0 Å². The van der Waals surface area contributed by atoms with Gasteiger partial charge in [-0.15, -0.1) is 0 Å². The Bertz CT molecular complexity index is 906. The molecular weight excluding hydrogens is 368 g/mol. The minimum atomic E-state index is -0.190. The van der Waals surface area contributed by atoms with E-state index in [4.69, 9.17) is 16.3 Å². The molecule has 0 saturated carbocycles. The maximum absolute atomic E-state index is 12.4. The molecule has 0 aliphatic rings. The zero-order valence-electron chi connectivity index (χ0n) is 14.8. The Morgan fingerprint density at radius 1 is 1.23 bits per heavy atom. The average molecular weight is 389 g/mol. The van der Waals surface area contributed by atoms with Crippen LogP contribution in [0.1, 0.15) is 42.1 Å². The first-order chi connectivity index (χ1) is 12.6. The second-order valence-corrected chi connectivity index (χ2v) is 7.59. The third kappa shape index (κ3) is 4.54. The molecule has 0 aliphatic carbocycles. The number of hydrogen-bond donors (Lipinski definition) is 1. The van der Waals surface area contributed by atoms with Crippen LogP contribution < -0.4 is 10.1 Å². The third-order valence-electron chi connectivity index (χ3n) is 4.00. The lowest BCUT2D eigenvalue weighted by molar-refractivity contribution is 0.102. The molecule has 136 valence electrons. The van der Waals surface area contributed by atoms with E-state index in [9.17, 15) is 4.79 Å². The number of hydrogen-bond acceptors (Lipinski definition) is 4. The van der Waals surface area contributed by atoms with E-state index in [0.717, 1.165) is 34.4 Å². The number of thiazole rings is 1. The number of anilines is 1. The molecule has 0 spiro atoms. The number of nitrogens with zero attached hydrogens (tertiary/aromatic N) is 1. The maximum Gasteiger partial charge on any atom is 0.257 e. The Morgan fingerprint density at radius 3 is 2.73 bits per heavy atom. The minimum absolute atomic E-state index is 0.190. The zero-order valence-corrected chi connectivity index (χ0v) is 16.4. The maximum atomic E-state index is 12.4. The van der Waals surface area contributed by atoms with E-state index in [1.54, 1.807) is 12.1 Å². The summed E-state index contributed by atoms with van der Waals surface area (Å²) in [5, 5.41) is 4.10. The summed E-state index contributed by atoms with van der Waals surface area (Å²) in [5.74, 6) is 0.591. The first-order valence-corrected chi connectivity index (χ1v) is 9.87. The molecule has 0 saturated heterocycles. The molecule has 1 amide bonds. The summed E-state index contributed by atoms with van der Waals surface area (Å²) in [6, 6.07) is 10.9. The van der Waals surface area contributed by atoms with Gasteiger partial charge in [0, 0.05) is 10.6 Å². The van der Waals surface area contributed by atoms with Crippen LogP contribution in [0.25, 0.3) is 10.2 Å². The molecule has 3 aromatic rings. The van der Waals surface area contributed by atoms with Gasteiger partial charge < -0.3 is 4.74 Å². The van der Waals surface area contributed by atoms with Crippen LogP contribution in [0, 0.1) is 6.92 Å². The first-order valence-electron chi connectivity index (χ1n) is 8.67. The largest absolute Gasteiger partial charge is 0.494 e. The molecule has 2 aromatic carbocycles. The van der Waals surface area contributed by atoms with Gasteiger partial charge in [-0.25, -0.2) is 4.98 Å². The van der Waals surface area contributed by atoms with Crippen molar-refractivity contribution >= 4 is 44.2 Å². The Morgan fingerprint density at radius 2 is 2.00 bits per heavy atom. The highest BCUT2D eigenvalue weighted by Gasteiger charge is 2.12. The molecule has 0 unspecified atom stereocenters. The van der Waals surface area contributed by atoms with Gasteiger partial charge in [-0.1, -0.05) is 42.7 Å². The summed E-state index contributed by atoms with van der Waals surface area (Å²) < 4.78 is 6.63. The van der Waals surface area contributed by atoms with Gasteiger partial charge in [0.1, 0.15) is 5.75 Å². The molecule has 26 heavy (non-hydrogen) atoms. The second-order valence-electron chi connectivity index (χ2n) is 6.12. The predicted molar refractivity (Wildman–Crippen MR) is 109 cm³/mol. The number of aryl methyl sites for hydroxylation is 1. The van der Waals surface area contributed by atoms with E-state index >= 15 is 0 Å². The molecule has 1 N–H and O–H groups in total. The van der Waals surface area contributed by atoms with Gasteiger partial charge in [0.2, 0.25) is 0 Å². The summed E-state index contributed by atoms with van der Waals surface area (Å²) in [6.07, 6.45) is 3.37. The van der Waals surface area contributed by atoms with Crippen molar-refractivity contribution in [1.82, 2.24) is 4.98 Å². The Balaban J connectivity index is 1.65. The lowest BCUT2D eigenvalue weighted by atomic mass is 10.2. The first kappa shape index (κ1) is 18.7. The summed E-state index contributed by atoms with van der Waals surface area (Å²) in [5.41, 5.74) is 2.43. The molecule has 0 atom stereocenters. The van der Waals surface area contributed by atoms with Crippen LogP contribution in [-0.4, -0.2) is 17.5 Å². The fourth-order valence-corrected chi connectivity index (χ4v) is 3.94. The van der Waals surface area contributed by atoms with Gasteiger partial charge >= 0.3 is 0 Å². The number of benzene rings is 2. The molecule has 0 aliphatic heterocycles. The van der Waals surface area contributed by atoms with E-state index in [1.165, 1.54) is 17.8 Å². The molecular formula is C20H21ClN2O2S. The fraction of sp³-hybridized carbons (Fsp3) is 0.300. The fourth-order valence-electron chi connectivity index (χ4n) is 2.62. The molecule has 1 heterocycles. The number of fused-ring (bicyclic) bond motifs is 1. The number of unbranched alkanes of at least 4 members (excludes halogenated alkanes) is 2. The van der Waals surface area contributed by atoms with Gasteiger partial charge in [0.25, 0.3) is 5.91 Å². The molecule has 6 heteroatoms. The summed E-state index contributed by atoms with van der Waals surface area (Å²) in [4.78, 5) is 16.9. The van der Waals surface area contributed by atoms with E-state index < -0.39 is 0 Å². The van der Waals surface area contributed by atoms with Crippen molar-refractivity contribution < 1.29 is 9.53 Å². The number of ether oxygens (including phenoxy) is 1. The average Bonchev–Trinajstić information content (AvgIpc) is 3.02. The Kier molecular flexibility index (Phi) is 6.12. The van der Waals surface area contributed by atoms with Gasteiger partial charge in [-0.3, -0.25) is 10.1 Å². The topological polar surface area (TPSA) is 51.2 Å². The number of halogens is 1. The summed E-state index contributed by atoms with van der Waals surface area (Å²) in [6.45, 7) is 4.82. The van der Waals surface area contributed by atoms with Gasteiger partial charge in [0.05, 0.1) is 16.8 Å². The van der Waals surface area contributed by atoms with Crippen LogP contribution in [0.15, 0.2) is 36.4 Å². The van der Waals surface area contributed by atoms with Crippen LogP contribution >= 0.6 is 22.9 Å². The standard InChI is InChI=1S/C20H21ClN2O2S/c1-3-4-5-10-25-16-8-6-14(7-9-16)19(24)23-20-22-18-13(2)11-15(21)12-17(18)26-20/h6-9,11-12H,3-5,10H2,1-2H3,(H,22,23,24). The third-order valence-corrected chi connectivity index (χ3v) is 5.14. The molecule has 1 aromatic heterocycles. The van der Waals surface area contributed by atoms with Crippen molar-refractivity contribution in [2.75, 3.05) is 11.9 Å². The number of carbonyl (C=O) groups excluding carboxylic acids is 1. The van der Waals surface area contributed by atoms with E-state index in [1.807, 2.05) is 31.2 Å². The van der Waals surface area contributed by atoms with Crippen molar-refractivity contribution in [2.45, 2.75) is 33.1 Å². The van der Waals surface area contributed by atoms with Crippen LogP contribution in [-0.2, 0) is 0 Å². The molecule has 3 rings (SSSR count). The quantitative estimate of drug-likeness (QED) is 0.499. The normalized spacial score (nSPS) is 10.9. The van der Waals surface area contributed by atoms with Gasteiger partial charge in [0.15, 0.2) is 5.13 Å². The van der Waals surface area contributed by atoms with Crippen molar-refractivity contribution in [2.24, 2.45) is 0 Å². The number of rotatable bonds is 7. The molecule has 0 fully saturated rings. The number of nitrogens with one attached hydrogen (secondary N) is 1. The predicted octanol–water partition coefficient (Wildman–Crippen LogP) is 6.08.